The normalized spacial score (nSPS) is 17.5. The fourth-order valence-corrected chi connectivity index (χ4v) is 5.47. The van der Waals surface area contributed by atoms with Gasteiger partial charge in [0.1, 0.15) is 5.82 Å². The summed E-state index contributed by atoms with van der Waals surface area (Å²) in [5.74, 6) is 1.14. The summed E-state index contributed by atoms with van der Waals surface area (Å²) in [6.45, 7) is 5.79. The number of likely N-dealkylation sites (N-methyl/N-ethyl adjacent to an activating group) is 1. The molecule has 0 aromatic heterocycles. The van der Waals surface area contributed by atoms with Gasteiger partial charge in [-0.1, -0.05) is 87.7 Å². The summed E-state index contributed by atoms with van der Waals surface area (Å²) in [4.78, 5) is 13.3. The smallest absolute Gasteiger partial charge is 0.250 e. The van der Waals surface area contributed by atoms with Crippen LogP contribution in [0.15, 0.2) is 79.4 Å². The molecule has 1 aliphatic rings. The topological polar surface area (TPSA) is 20.3 Å². The fraction of sp³-hybridized carbons (Fsp3) is 0.364. The average molecular weight is 484 g/mol. The van der Waals surface area contributed by atoms with Gasteiger partial charge in [-0.2, -0.15) is 0 Å². The van der Waals surface area contributed by atoms with Gasteiger partial charge in [-0.3, -0.25) is 4.79 Å². The van der Waals surface area contributed by atoms with E-state index in [1.165, 1.54) is 67.9 Å². The Hall–Kier alpha value is -3.20. The van der Waals surface area contributed by atoms with Crippen LogP contribution in [-0.2, 0) is 4.79 Å². The van der Waals surface area contributed by atoms with Crippen molar-refractivity contribution in [3.8, 4) is 22.3 Å². The van der Waals surface area contributed by atoms with Crippen LogP contribution in [0.1, 0.15) is 69.8 Å². The van der Waals surface area contributed by atoms with Gasteiger partial charge < -0.3 is 4.90 Å². The summed E-state index contributed by atoms with van der Waals surface area (Å²) in [6.07, 6.45) is 12.0. The van der Waals surface area contributed by atoms with E-state index in [4.69, 9.17) is 0 Å². The van der Waals surface area contributed by atoms with Crippen molar-refractivity contribution < 1.29 is 9.18 Å². The summed E-state index contributed by atoms with van der Waals surface area (Å²) in [7, 11) is 1.69. The lowest BCUT2D eigenvalue weighted by Gasteiger charge is -2.29. The Balaban J connectivity index is 1.40. The molecule has 0 N–H and O–H groups in total. The van der Waals surface area contributed by atoms with Gasteiger partial charge in [-0.25, -0.2) is 4.39 Å². The summed E-state index contributed by atoms with van der Waals surface area (Å²) < 4.78 is 15.1. The first-order chi connectivity index (χ1) is 17.5. The minimum Gasteiger partial charge on any atom is -0.312 e. The number of rotatable bonds is 9. The first kappa shape index (κ1) is 25.9. The molecule has 0 radical (unpaired) electrons. The first-order valence-corrected chi connectivity index (χ1v) is 13.4. The molecule has 1 saturated carbocycles. The van der Waals surface area contributed by atoms with Crippen LogP contribution < -0.4 is 4.90 Å². The maximum atomic E-state index is 15.1. The van der Waals surface area contributed by atoms with E-state index in [0.29, 0.717) is 11.5 Å². The van der Waals surface area contributed by atoms with Gasteiger partial charge in [0.2, 0.25) is 5.91 Å². The zero-order valence-electron chi connectivity index (χ0n) is 21.7. The molecule has 3 aromatic rings. The summed E-state index contributed by atoms with van der Waals surface area (Å²) in [6, 6.07) is 21.5. The van der Waals surface area contributed by atoms with Crippen LogP contribution in [0.2, 0.25) is 0 Å². The molecule has 188 valence electrons. The lowest BCUT2D eigenvalue weighted by atomic mass is 9.77. The third kappa shape index (κ3) is 6.13. The van der Waals surface area contributed by atoms with Crippen molar-refractivity contribution in [2.75, 3.05) is 11.9 Å². The number of unbranched alkanes of at least 4 members (excludes halogenated alkanes) is 2. The minimum atomic E-state index is -0.249. The Kier molecular flexibility index (Phi) is 8.74. The molecule has 3 aromatic carbocycles. The molecule has 0 atom stereocenters. The van der Waals surface area contributed by atoms with Crippen LogP contribution in [-0.4, -0.2) is 13.0 Å². The molecule has 0 heterocycles. The minimum absolute atomic E-state index is 0.181. The van der Waals surface area contributed by atoms with Gasteiger partial charge in [0.25, 0.3) is 0 Å². The van der Waals surface area contributed by atoms with Crippen LogP contribution in [0.4, 0.5) is 10.1 Å². The molecule has 0 unspecified atom stereocenters. The van der Waals surface area contributed by atoms with Crippen molar-refractivity contribution in [3.63, 3.8) is 0 Å². The van der Waals surface area contributed by atoms with E-state index in [1.54, 1.807) is 13.1 Å². The predicted octanol–water partition coefficient (Wildman–Crippen LogP) is 9.16. The number of nitrogens with zero attached hydrogens (tertiary/aromatic N) is 1. The Morgan fingerprint density at radius 2 is 1.56 bits per heavy atom. The largest absolute Gasteiger partial charge is 0.312 e. The van der Waals surface area contributed by atoms with E-state index in [0.717, 1.165) is 28.3 Å². The fourth-order valence-electron chi connectivity index (χ4n) is 5.47. The summed E-state index contributed by atoms with van der Waals surface area (Å²) >= 11 is 0. The lowest BCUT2D eigenvalue weighted by molar-refractivity contribution is -0.113. The standard InChI is InChI=1S/C33H38FNO/c1-4-6-7-8-24-9-11-25(12-10-24)26-13-15-27(16-14-26)29-19-22-31(32(34)23-29)28-17-20-30(21-18-28)35(3)33(36)5-2/h5,13-25H,2,4,6-12H2,1,3H3. The van der Waals surface area contributed by atoms with E-state index in [1.807, 2.05) is 36.4 Å². The molecular formula is C33H38FNO. The third-order valence-corrected chi connectivity index (χ3v) is 7.82. The summed E-state index contributed by atoms with van der Waals surface area (Å²) in [5.41, 5.74) is 5.42. The van der Waals surface area contributed by atoms with E-state index in [9.17, 15) is 4.79 Å². The molecular weight excluding hydrogens is 445 g/mol. The highest BCUT2D eigenvalue weighted by Gasteiger charge is 2.22. The molecule has 3 heteroatoms. The van der Waals surface area contributed by atoms with Gasteiger partial charge in [0, 0.05) is 18.3 Å². The van der Waals surface area contributed by atoms with E-state index in [2.05, 4.69) is 37.8 Å². The molecule has 36 heavy (non-hydrogen) atoms. The van der Waals surface area contributed by atoms with Gasteiger partial charge in [-0.05, 0) is 84.0 Å². The van der Waals surface area contributed by atoms with Crippen molar-refractivity contribution in [2.24, 2.45) is 5.92 Å². The molecule has 0 aliphatic heterocycles. The average Bonchev–Trinajstić information content (AvgIpc) is 2.93. The summed E-state index contributed by atoms with van der Waals surface area (Å²) in [5, 5.41) is 0. The van der Waals surface area contributed by atoms with Crippen molar-refractivity contribution in [3.05, 3.63) is 90.8 Å². The second kappa shape index (κ2) is 12.2. The Morgan fingerprint density at radius 1 is 0.917 bits per heavy atom. The van der Waals surface area contributed by atoms with E-state index in [-0.39, 0.29) is 11.7 Å². The maximum absolute atomic E-state index is 15.1. The van der Waals surface area contributed by atoms with Crippen molar-refractivity contribution in [1.82, 2.24) is 0 Å². The van der Waals surface area contributed by atoms with Crippen molar-refractivity contribution in [2.45, 2.75) is 64.2 Å². The van der Waals surface area contributed by atoms with E-state index < -0.39 is 0 Å². The Bertz CT molecular complexity index is 1160. The molecule has 4 rings (SSSR count). The second-order valence-electron chi connectivity index (χ2n) is 10.2. The molecule has 0 bridgehead atoms. The molecule has 1 aliphatic carbocycles. The van der Waals surface area contributed by atoms with Crippen LogP contribution in [0.5, 0.6) is 0 Å². The number of anilines is 1. The van der Waals surface area contributed by atoms with Gasteiger partial charge in [0.15, 0.2) is 0 Å². The number of hydrogen-bond donors (Lipinski definition) is 0. The highest BCUT2D eigenvalue weighted by molar-refractivity contribution is 6.00. The molecule has 1 amide bonds. The van der Waals surface area contributed by atoms with Crippen LogP contribution >= 0.6 is 0 Å². The molecule has 1 fully saturated rings. The highest BCUT2D eigenvalue weighted by Crippen LogP contribution is 2.38. The number of amides is 1. The molecule has 0 saturated heterocycles. The number of carbonyl (C=O) groups is 1. The quantitative estimate of drug-likeness (QED) is 0.219. The van der Waals surface area contributed by atoms with Crippen molar-refractivity contribution in [1.29, 1.82) is 0 Å². The molecule has 2 nitrogen and oxygen atoms in total. The monoisotopic (exact) mass is 483 g/mol. The predicted molar refractivity (Wildman–Crippen MR) is 150 cm³/mol. The second-order valence-corrected chi connectivity index (χ2v) is 10.2. The zero-order chi connectivity index (χ0) is 25.5. The van der Waals surface area contributed by atoms with Gasteiger partial charge in [-0.15, -0.1) is 0 Å². The van der Waals surface area contributed by atoms with Gasteiger partial charge in [0.05, 0.1) is 0 Å². The van der Waals surface area contributed by atoms with Crippen molar-refractivity contribution >= 4 is 11.6 Å². The third-order valence-electron chi connectivity index (χ3n) is 7.82. The number of hydrogen-bond acceptors (Lipinski definition) is 1. The van der Waals surface area contributed by atoms with Crippen LogP contribution in [0.3, 0.4) is 0 Å². The number of benzene rings is 3. The van der Waals surface area contributed by atoms with Crippen LogP contribution in [0.25, 0.3) is 22.3 Å². The first-order valence-electron chi connectivity index (χ1n) is 13.4. The SMILES string of the molecule is C=CC(=O)N(C)c1ccc(-c2ccc(-c3ccc(C4CCC(CCCCC)CC4)cc3)cc2F)cc1. The molecule has 0 spiro atoms. The maximum Gasteiger partial charge on any atom is 0.250 e. The number of halogens is 1. The van der Waals surface area contributed by atoms with Gasteiger partial charge >= 0.3 is 0 Å². The Labute approximate surface area is 215 Å². The highest BCUT2D eigenvalue weighted by atomic mass is 19.1. The Morgan fingerprint density at radius 3 is 2.17 bits per heavy atom. The van der Waals surface area contributed by atoms with Crippen LogP contribution in [0, 0.1) is 11.7 Å². The number of carbonyl (C=O) groups excluding carboxylic acids is 1. The lowest BCUT2D eigenvalue weighted by Crippen LogP contribution is -2.23. The zero-order valence-corrected chi connectivity index (χ0v) is 21.7. The van der Waals surface area contributed by atoms with E-state index >= 15 is 4.39 Å².